The first-order valence-corrected chi connectivity index (χ1v) is 7.89. The van der Waals surface area contributed by atoms with E-state index in [9.17, 15) is 14.7 Å². The van der Waals surface area contributed by atoms with E-state index >= 15 is 0 Å². The van der Waals surface area contributed by atoms with Gasteiger partial charge in [-0.1, -0.05) is 32.6 Å². The SMILES string of the molecule is CCCC(C)(NC(=O)NCCOC1CCCCC1)C(=O)O. The van der Waals surface area contributed by atoms with Gasteiger partial charge in [-0.15, -0.1) is 0 Å². The number of hydrogen-bond acceptors (Lipinski definition) is 3. The van der Waals surface area contributed by atoms with E-state index in [0.29, 0.717) is 32.1 Å². The van der Waals surface area contributed by atoms with Crippen LogP contribution in [0.1, 0.15) is 58.8 Å². The monoisotopic (exact) mass is 300 g/mol. The highest BCUT2D eigenvalue weighted by Crippen LogP contribution is 2.19. The lowest BCUT2D eigenvalue weighted by atomic mass is 9.97. The Morgan fingerprint density at radius 1 is 1.29 bits per heavy atom. The van der Waals surface area contributed by atoms with Crippen LogP contribution in [0.25, 0.3) is 0 Å². The van der Waals surface area contributed by atoms with Crippen LogP contribution in [0, 0.1) is 0 Å². The number of hydrogen-bond donors (Lipinski definition) is 3. The van der Waals surface area contributed by atoms with Crippen LogP contribution in [0.4, 0.5) is 4.79 Å². The largest absolute Gasteiger partial charge is 0.480 e. The molecule has 1 aliphatic rings. The minimum absolute atomic E-state index is 0.313. The molecule has 0 saturated heterocycles. The summed E-state index contributed by atoms with van der Waals surface area (Å²) in [6.07, 6.45) is 7.31. The maximum Gasteiger partial charge on any atom is 0.329 e. The second-order valence-electron chi connectivity index (χ2n) is 5.90. The van der Waals surface area contributed by atoms with Crippen molar-refractivity contribution in [1.29, 1.82) is 0 Å². The standard InChI is InChI=1S/C15H28N2O4/c1-3-9-15(2,13(18)19)17-14(20)16-10-11-21-12-7-5-4-6-8-12/h12H,3-11H2,1-2H3,(H,18,19)(H2,16,17,20). The summed E-state index contributed by atoms with van der Waals surface area (Å²) in [5, 5.41) is 14.4. The van der Waals surface area contributed by atoms with Gasteiger partial charge in [0.25, 0.3) is 0 Å². The molecule has 6 heteroatoms. The molecule has 0 aromatic carbocycles. The van der Waals surface area contributed by atoms with Crippen molar-refractivity contribution in [2.45, 2.75) is 70.4 Å². The van der Waals surface area contributed by atoms with Crippen molar-refractivity contribution < 1.29 is 19.4 Å². The van der Waals surface area contributed by atoms with Crippen molar-refractivity contribution >= 4 is 12.0 Å². The zero-order chi connectivity index (χ0) is 15.7. The lowest BCUT2D eigenvalue weighted by Gasteiger charge is -2.26. The normalized spacial score (nSPS) is 18.8. The van der Waals surface area contributed by atoms with Crippen molar-refractivity contribution in [2.75, 3.05) is 13.2 Å². The van der Waals surface area contributed by atoms with E-state index in [4.69, 9.17) is 4.74 Å². The van der Waals surface area contributed by atoms with Crippen LogP contribution in [-0.4, -0.2) is 41.9 Å². The quantitative estimate of drug-likeness (QED) is 0.600. The molecule has 0 aliphatic heterocycles. The van der Waals surface area contributed by atoms with E-state index in [-0.39, 0.29) is 0 Å². The molecular weight excluding hydrogens is 272 g/mol. The van der Waals surface area contributed by atoms with Crippen molar-refractivity contribution in [2.24, 2.45) is 0 Å². The lowest BCUT2D eigenvalue weighted by Crippen LogP contribution is -2.55. The molecule has 0 aromatic heterocycles. The zero-order valence-electron chi connectivity index (χ0n) is 13.1. The van der Waals surface area contributed by atoms with Crippen molar-refractivity contribution in [3.8, 4) is 0 Å². The molecular formula is C15H28N2O4. The number of rotatable bonds is 8. The van der Waals surface area contributed by atoms with Crippen LogP contribution < -0.4 is 10.6 Å². The van der Waals surface area contributed by atoms with E-state index in [2.05, 4.69) is 10.6 Å². The number of carbonyl (C=O) groups excluding carboxylic acids is 1. The summed E-state index contributed by atoms with van der Waals surface area (Å²) < 4.78 is 5.70. The lowest BCUT2D eigenvalue weighted by molar-refractivity contribution is -0.144. The van der Waals surface area contributed by atoms with E-state index < -0.39 is 17.5 Å². The third kappa shape index (κ3) is 6.33. The average Bonchev–Trinajstić information content (AvgIpc) is 2.45. The summed E-state index contributed by atoms with van der Waals surface area (Å²) in [4.78, 5) is 23.0. The smallest absolute Gasteiger partial charge is 0.329 e. The number of carboxylic acids is 1. The van der Waals surface area contributed by atoms with Gasteiger partial charge in [0, 0.05) is 6.54 Å². The summed E-state index contributed by atoms with van der Waals surface area (Å²) in [6.45, 7) is 4.27. The number of aliphatic carboxylic acids is 1. The Kier molecular flexibility index (Phi) is 7.50. The molecule has 1 fully saturated rings. The first-order valence-electron chi connectivity index (χ1n) is 7.89. The van der Waals surface area contributed by atoms with Crippen LogP contribution in [-0.2, 0) is 9.53 Å². The zero-order valence-corrected chi connectivity index (χ0v) is 13.1. The van der Waals surface area contributed by atoms with Crippen molar-refractivity contribution in [3.63, 3.8) is 0 Å². The fraction of sp³-hybridized carbons (Fsp3) is 0.867. The molecule has 1 rings (SSSR count). The van der Waals surface area contributed by atoms with Gasteiger partial charge in [0.05, 0.1) is 12.7 Å². The van der Waals surface area contributed by atoms with E-state index in [1.54, 1.807) is 0 Å². The molecule has 0 heterocycles. The fourth-order valence-electron chi connectivity index (χ4n) is 2.64. The van der Waals surface area contributed by atoms with Gasteiger partial charge in [-0.25, -0.2) is 9.59 Å². The Morgan fingerprint density at radius 3 is 2.52 bits per heavy atom. The molecule has 0 bridgehead atoms. The van der Waals surface area contributed by atoms with Gasteiger partial charge in [-0.05, 0) is 26.2 Å². The highest BCUT2D eigenvalue weighted by Gasteiger charge is 2.33. The van der Waals surface area contributed by atoms with Crippen molar-refractivity contribution in [1.82, 2.24) is 10.6 Å². The molecule has 6 nitrogen and oxygen atoms in total. The predicted octanol–water partition coefficient (Wildman–Crippen LogP) is 2.28. The third-order valence-corrected chi connectivity index (χ3v) is 3.90. The number of ether oxygens (including phenoxy) is 1. The van der Waals surface area contributed by atoms with Crippen LogP contribution in [0.5, 0.6) is 0 Å². The van der Waals surface area contributed by atoms with Gasteiger partial charge in [-0.2, -0.15) is 0 Å². The van der Waals surface area contributed by atoms with Gasteiger partial charge in [-0.3, -0.25) is 0 Å². The van der Waals surface area contributed by atoms with Crippen molar-refractivity contribution in [3.05, 3.63) is 0 Å². The second-order valence-corrected chi connectivity index (χ2v) is 5.90. The van der Waals surface area contributed by atoms with Gasteiger partial charge < -0.3 is 20.5 Å². The van der Waals surface area contributed by atoms with E-state index in [1.807, 2.05) is 6.92 Å². The molecule has 122 valence electrons. The Bertz CT molecular complexity index is 343. The summed E-state index contributed by atoms with van der Waals surface area (Å²) in [6, 6.07) is -0.458. The second kappa shape index (κ2) is 8.87. The predicted molar refractivity (Wildman–Crippen MR) is 80.3 cm³/mol. The minimum atomic E-state index is -1.22. The molecule has 1 saturated carbocycles. The topological polar surface area (TPSA) is 87.7 Å². The Morgan fingerprint density at radius 2 is 1.95 bits per heavy atom. The Labute approximate surface area is 126 Å². The summed E-state index contributed by atoms with van der Waals surface area (Å²) in [5.41, 5.74) is -1.22. The molecule has 0 aromatic rings. The van der Waals surface area contributed by atoms with Gasteiger partial charge in [0.2, 0.25) is 0 Å². The average molecular weight is 300 g/mol. The van der Waals surface area contributed by atoms with Crippen LogP contribution in [0.2, 0.25) is 0 Å². The maximum atomic E-state index is 11.7. The van der Waals surface area contributed by atoms with Crippen LogP contribution in [0.15, 0.2) is 0 Å². The van der Waals surface area contributed by atoms with Crippen LogP contribution in [0.3, 0.4) is 0 Å². The molecule has 1 atom stereocenters. The highest BCUT2D eigenvalue weighted by atomic mass is 16.5. The van der Waals surface area contributed by atoms with Gasteiger partial charge in [0.1, 0.15) is 5.54 Å². The number of carbonyl (C=O) groups is 2. The Balaban J connectivity index is 2.21. The fourth-order valence-corrected chi connectivity index (χ4v) is 2.64. The molecule has 0 radical (unpaired) electrons. The molecule has 1 aliphatic carbocycles. The summed E-state index contributed by atoms with van der Waals surface area (Å²) in [7, 11) is 0. The highest BCUT2D eigenvalue weighted by molar-refractivity contribution is 5.85. The molecule has 21 heavy (non-hydrogen) atoms. The van der Waals surface area contributed by atoms with Gasteiger partial charge >= 0.3 is 12.0 Å². The number of nitrogens with one attached hydrogen (secondary N) is 2. The first kappa shape index (κ1) is 17.8. The molecule has 3 N–H and O–H groups in total. The molecule has 0 spiro atoms. The number of carboxylic acid groups (broad SMARTS) is 1. The molecule has 2 amide bonds. The number of amides is 2. The Hall–Kier alpha value is -1.30. The summed E-state index contributed by atoms with van der Waals surface area (Å²) in [5.74, 6) is -1.02. The maximum absolute atomic E-state index is 11.7. The van der Waals surface area contributed by atoms with E-state index in [0.717, 1.165) is 12.8 Å². The van der Waals surface area contributed by atoms with Gasteiger partial charge in [0.15, 0.2) is 0 Å². The van der Waals surface area contributed by atoms with E-state index in [1.165, 1.54) is 26.2 Å². The number of urea groups is 1. The molecule has 1 unspecified atom stereocenters. The first-order chi connectivity index (χ1) is 9.98. The van der Waals surface area contributed by atoms with Crippen LogP contribution >= 0.6 is 0 Å². The summed E-state index contributed by atoms with van der Waals surface area (Å²) >= 11 is 0. The third-order valence-electron chi connectivity index (χ3n) is 3.90. The minimum Gasteiger partial charge on any atom is -0.480 e.